The van der Waals surface area contributed by atoms with Crippen molar-refractivity contribution in [2.75, 3.05) is 12.3 Å². The van der Waals surface area contributed by atoms with Crippen LogP contribution in [0.25, 0.3) is 0 Å². The van der Waals surface area contributed by atoms with Crippen molar-refractivity contribution in [3.8, 4) is 5.75 Å². The molecule has 1 rings (SSSR count). The molecule has 124 valence electrons. The summed E-state index contributed by atoms with van der Waals surface area (Å²) in [7, 11) is 0. The number of benzene rings is 1. The Hall–Kier alpha value is -1.71. The number of hydrogen-bond donors (Lipinski definition) is 2. The van der Waals surface area contributed by atoms with E-state index in [1.807, 2.05) is 20.8 Å². The van der Waals surface area contributed by atoms with Crippen LogP contribution in [0.2, 0.25) is 0 Å². The maximum atomic E-state index is 12.4. The molecule has 4 nitrogen and oxygen atoms in total. The number of carbonyl (C=O) groups excluding carboxylic acids is 1. The minimum atomic E-state index is -0.276. The molecule has 0 saturated carbocycles. The average Bonchev–Trinajstić information content (AvgIpc) is 2.33. The van der Waals surface area contributed by atoms with Crippen LogP contribution in [-0.4, -0.2) is 18.1 Å². The van der Waals surface area contributed by atoms with Gasteiger partial charge in [-0.25, -0.2) is 0 Å². The van der Waals surface area contributed by atoms with Crippen molar-refractivity contribution in [3.05, 3.63) is 23.8 Å². The highest BCUT2D eigenvalue weighted by Gasteiger charge is 2.27. The van der Waals surface area contributed by atoms with Crippen LogP contribution >= 0.6 is 0 Å². The van der Waals surface area contributed by atoms with Gasteiger partial charge in [-0.15, -0.1) is 0 Å². The highest BCUT2D eigenvalue weighted by molar-refractivity contribution is 5.95. The van der Waals surface area contributed by atoms with Crippen molar-refractivity contribution < 1.29 is 9.53 Å². The molecule has 0 atom stereocenters. The van der Waals surface area contributed by atoms with Gasteiger partial charge in [0, 0.05) is 11.1 Å². The zero-order valence-electron chi connectivity index (χ0n) is 14.7. The summed E-state index contributed by atoms with van der Waals surface area (Å²) in [5.74, 6) is 0.523. The van der Waals surface area contributed by atoms with Crippen LogP contribution in [-0.2, 0) is 0 Å². The first-order valence-electron chi connectivity index (χ1n) is 7.89. The quantitative estimate of drug-likeness (QED) is 0.781. The SMILES string of the molecule is CCCOc1ccc(C(=O)NC(C)(C)CC(C)(C)C)cc1N. The molecule has 0 heterocycles. The van der Waals surface area contributed by atoms with Crippen molar-refractivity contribution in [2.45, 2.75) is 59.9 Å². The van der Waals surface area contributed by atoms with Crippen molar-refractivity contribution in [3.63, 3.8) is 0 Å². The van der Waals surface area contributed by atoms with E-state index < -0.39 is 0 Å². The Kier molecular flexibility index (Phi) is 5.86. The Morgan fingerprint density at radius 1 is 1.23 bits per heavy atom. The van der Waals surface area contributed by atoms with Gasteiger partial charge in [0.25, 0.3) is 5.91 Å². The standard InChI is InChI=1S/C18H30N2O2/c1-7-10-22-15-9-8-13(11-14(15)19)16(21)20-18(5,6)12-17(2,3)4/h8-9,11H,7,10,12,19H2,1-6H3,(H,20,21). The van der Waals surface area contributed by atoms with Crippen molar-refractivity contribution in [1.29, 1.82) is 0 Å². The van der Waals surface area contributed by atoms with Crippen LogP contribution in [0.3, 0.4) is 0 Å². The van der Waals surface area contributed by atoms with Crippen LogP contribution in [0.1, 0.15) is 64.7 Å². The lowest BCUT2D eigenvalue weighted by molar-refractivity contribution is 0.0891. The van der Waals surface area contributed by atoms with Gasteiger partial charge < -0.3 is 15.8 Å². The van der Waals surface area contributed by atoms with Gasteiger partial charge in [-0.2, -0.15) is 0 Å². The Labute approximate surface area is 134 Å². The lowest BCUT2D eigenvalue weighted by atomic mass is 9.81. The number of carbonyl (C=O) groups is 1. The highest BCUT2D eigenvalue weighted by atomic mass is 16.5. The Balaban J connectivity index is 2.79. The maximum absolute atomic E-state index is 12.4. The number of anilines is 1. The van der Waals surface area contributed by atoms with Gasteiger partial charge >= 0.3 is 0 Å². The van der Waals surface area contributed by atoms with E-state index >= 15 is 0 Å². The molecule has 0 aliphatic rings. The Bertz CT molecular complexity index is 516. The lowest BCUT2D eigenvalue weighted by Crippen LogP contribution is -2.45. The normalized spacial score (nSPS) is 12.1. The third-order valence-corrected chi connectivity index (χ3v) is 3.16. The molecule has 22 heavy (non-hydrogen) atoms. The molecule has 1 amide bonds. The van der Waals surface area contributed by atoms with Crippen LogP contribution in [0.4, 0.5) is 5.69 Å². The summed E-state index contributed by atoms with van der Waals surface area (Å²) in [6.45, 7) is 13.2. The second kappa shape index (κ2) is 7.03. The monoisotopic (exact) mass is 306 g/mol. The Morgan fingerprint density at radius 3 is 2.36 bits per heavy atom. The van der Waals surface area contributed by atoms with Crippen LogP contribution in [0, 0.1) is 5.41 Å². The van der Waals surface area contributed by atoms with Gasteiger partial charge in [0.2, 0.25) is 0 Å². The second-order valence-electron chi connectivity index (χ2n) is 7.68. The van der Waals surface area contributed by atoms with E-state index in [1.165, 1.54) is 0 Å². The molecular weight excluding hydrogens is 276 g/mol. The van der Waals surface area contributed by atoms with E-state index in [0.29, 0.717) is 23.6 Å². The van der Waals surface area contributed by atoms with Crippen LogP contribution < -0.4 is 15.8 Å². The topological polar surface area (TPSA) is 64.3 Å². The summed E-state index contributed by atoms with van der Waals surface area (Å²) in [6.07, 6.45) is 1.81. The number of nitrogens with two attached hydrogens (primary N) is 1. The average molecular weight is 306 g/mol. The van der Waals surface area contributed by atoms with Gasteiger partial charge in [0.15, 0.2) is 0 Å². The minimum absolute atomic E-state index is 0.108. The van der Waals surface area contributed by atoms with Gasteiger partial charge in [-0.05, 0) is 50.3 Å². The summed E-state index contributed by atoms with van der Waals surface area (Å²) in [5.41, 5.74) is 6.88. The molecule has 0 unspecified atom stereocenters. The molecule has 0 aliphatic heterocycles. The predicted octanol–water partition coefficient (Wildman–Crippen LogP) is 4.00. The van der Waals surface area contributed by atoms with E-state index in [0.717, 1.165) is 12.8 Å². The van der Waals surface area contributed by atoms with Crippen molar-refractivity contribution in [2.24, 2.45) is 5.41 Å². The molecule has 0 bridgehead atoms. The summed E-state index contributed by atoms with van der Waals surface area (Å²) in [5, 5.41) is 3.08. The molecule has 0 radical (unpaired) electrons. The van der Waals surface area contributed by atoms with E-state index in [9.17, 15) is 4.79 Å². The molecule has 0 saturated heterocycles. The second-order valence-corrected chi connectivity index (χ2v) is 7.68. The first-order chi connectivity index (χ1) is 10.0. The molecule has 1 aromatic rings. The first-order valence-corrected chi connectivity index (χ1v) is 7.89. The summed E-state index contributed by atoms with van der Waals surface area (Å²) >= 11 is 0. The van der Waals surface area contributed by atoms with Crippen LogP contribution in [0.15, 0.2) is 18.2 Å². The van der Waals surface area contributed by atoms with Crippen molar-refractivity contribution >= 4 is 11.6 Å². The maximum Gasteiger partial charge on any atom is 0.251 e. The van der Waals surface area contributed by atoms with Crippen molar-refractivity contribution in [1.82, 2.24) is 5.32 Å². The van der Waals surface area contributed by atoms with E-state index in [-0.39, 0.29) is 16.9 Å². The molecule has 0 aromatic heterocycles. The molecule has 0 aliphatic carbocycles. The summed E-state index contributed by atoms with van der Waals surface area (Å²) in [4.78, 5) is 12.4. The number of nitrogens with one attached hydrogen (secondary N) is 1. The third kappa shape index (κ3) is 5.96. The Morgan fingerprint density at radius 2 is 1.86 bits per heavy atom. The fourth-order valence-electron chi connectivity index (χ4n) is 2.78. The fourth-order valence-corrected chi connectivity index (χ4v) is 2.78. The highest BCUT2D eigenvalue weighted by Crippen LogP contribution is 2.28. The first kappa shape index (κ1) is 18.3. The molecule has 0 fully saturated rings. The van der Waals surface area contributed by atoms with Gasteiger partial charge in [-0.1, -0.05) is 27.7 Å². The molecular formula is C18H30N2O2. The number of rotatable bonds is 6. The zero-order chi connectivity index (χ0) is 17.0. The summed E-state index contributed by atoms with van der Waals surface area (Å²) < 4.78 is 5.53. The van der Waals surface area contributed by atoms with E-state index in [1.54, 1.807) is 18.2 Å². The number of nitrogen functional groups attached to an aromatic ring is 1. The predicted molar refractivity (Wildman–Crippen MR) is 92.3 cm³/mol. The fraction of sp³-hybridized carbons (Fsp3) is 0.611. The number of hydrogen-bond acceptors (Lipinski definition) is 3. The van der Waals surface area contributed by atoms with Gasteiger partial charge in [-0.3, -0.25) is 4.79 Å². The summed E-state index contributed by atoms with van der Waals surface area (Å²) in [6, 6.07) is 5.19. The largest absolute Gasteiger partial charge is 0.491 e. The molecule has 1 aromatic carbocycles. The number of amides is 1. The van der Waals surface area contributed by atoms with E-state index in [2.05, 4.69) is 26.1 Å². The third-order valence-electron chi connectivity index (χ3n) is 3.16. The molecule has 3 N–H and O–H groups in total. The van der Waals surface area contributed by atoms with Gasteiger partial charge in [0.1, 0.15) is 5.75 Å². The molecule has 0 spiro atoms. The smallest absolute Gasteiger partial charge is 0.251 e. The van der Waals surface area contributed by atoms with Crippen LogP contribution in [0.5, 0.6) is 5.75 Å². The minimum Gasteiger partial charge on any atom is -0.491 e. The zero-order valence-corrected chi connectivity index (χ0v) is 14.7. The molecule has 4 heteroatoms. The lowest BCUT2D eigenvalue weighted by Gasteiger charge is -2.33. The number of ether oxygens (including phenoxy) is 1. The van der Waals surface area contributed by atoms with Gasteiger partial charge in [0.05, 0.1) is 12.3 Å². The van der Waals surface area contributed by atoms with E-state index in [4.69, 9.17) is 10.5 Å².